The van der Waals surface area contributed by atoms with Crippen molar-refractivity contribution >= 4 is 23.4 Å². The van der Waals surface area contributed by atoms with Gasteiger partial charge in [-0.1, -0.05) is 18.2 Å². The van der Waals surface area contributed by atoms with Crippen LogP contribution < -0.4 is 16.4 Å². The second-order valence-electron chi connectivity index (χ2n) is 4.66. The number of nitrogens with one attached hydrogen (secondary N) is 2. The lowest BCUT2D eigenvalue weighted by atomic mass is 10.2. The van der Waals surface area contributed by atoms with Crippen molar-refractivity contribution in [2.75, 3.05) is 11.9 Å². The lowest BCUT2D eigenvalue weighted by Crippen LogP contribution is -2.33. The smallest absolute Gasteiger partial charge is 0.254 e. The fourth-order valence-corrected chi connectivity index (χ4v) is 1.86. The Morgan fingerprint density at radius 1 is 1.04 bits per heavy atom. The average Bonchev–Trinajstić information content (AvgIpc) is 2.53. The van der Waals surface area contributed by atoms with Gasteiger partial charge in [-0.3, -0.25) is 14.4 Å². The minimum atomic E-state index is -0.691. The van der Waals surface area contributed by atoms with Crippen LogP contribution in [0.2, 0.25) is 0 Å². The predicted octanol–water partition coefficient (Wildman–Crippen LogP) is 1.29. The molecule has 0 fully saturated rings. The Kier molecular flexibility index (Phi) is 5.03. The molecule has 2 aromatic carbocycles. The summed E-state index contributed by atoms with van der Waals surface area (Å²) >= 11 is 0. The van der Waals surface area contributed by atoms with Gasteiger partial charge >= 0.3 is 0 Å². The van der Waals surface area contributed by atoms with E-state index >= 15 is 0 Å². The van der Waals surface area contributed by atoms with Crippen LogP contribution in [0.4, 0.5) is 10.1 Å². The largest absolute Gasteiger partial charge is 0.366 e. The predicted molar refractivity (Wildman–Crippen MR) is 82.3 cm³/mol. The van der Waals surface area contributed by atoms with E-state index < -0.39 is 23.5 Å². The minimum absolute atomic E-state index is 0.143. The molecule has 0 atom stereocenters. The fraction of sp³-hybridized carbons (Fsp3) is 0.0625. The zero-order valence-corrected chi connectivity index (χ0v) is 12.0. The summed E-state index contributed by atoms with van der Waals surface area (Å²) in [5.74, 6) is -2.49. The Labute approximate surface area is 131 Å². The third-order valence-electron chi connectivity index (χ3n) is 2.96. The summed E-state index contributed by atoms with van der Waals surface area (Å²) in [5.41, 5.74) is 5.62. The van der Waals surface area contributed by atoms with Crippen molar-refractivity contribution in [2.45, 2.75) is 0 Å². The van der Waals surface area contributed by atoms with Gasteiger partial charge in [0.1, 0.15) is 5.82 Å². The fourth-order valence-electron chi connectivity index (χ4n) is 1.86. The monoisotopic (exact) mass is 315 g/mol. The van der Waals surface area contributed by atoms with Crippen molar-refractivity contribution in [3.05, 3.63) is 65.5 Å². The molecule has 118 valence electrons. The maximum Gasteiger partial charge on any atom is 0.254 e. The highest BCUT2D eigenvalue weighted by atomic mass is 19.1. The van der Waals surface area contributed by atoms with E-state index in [0.29, 0.717) is 5.69 Å². The summed E-state index contributed by atoms with van der Waals surface area (Å²) in [6.07, 6.45) is 0. The molecule has 2 aromatic rings. The molecule has 3 amide bonds. The van der Waals surface area contributed by atoms with Crippen LogP contribution in [0.25, 0.3) is 0 Å². The molecule has 0 radical (unpaired) electrons. The van der Waals surface area contributed by atoms with E-state index in [4.69, 9.17) is 5.73 Å². The van der Waals surface area contributed by atoms with Gasteiger partial charge in [0, 0.05) is 11.3 Å². The van der Waals surface area contributed by atoms with Gasteiger partial charge in [0.05, 0.1) is 12.1 Å². The standard InChI is InChI=1S/C16H14FN3O3/c17-13-7-2-1-6-12(13)16(23)19-9-14(21)20-11-5-3-4-10(8-11)15(18)22/h1-8H,9H2,(H2,18,22)(H,19,23)(H,20,21). The maximum absolute atomic E-state index is 13.4. The quantitative estimate of drug-likeness (QED) is 0.775. The zero-order valence-electron chi connectivity index (χ0n) is 12.0. The van der Waals surface area contributed by atoms with Crippen LogP contribution in [0, 0.1) is 5.82 Å². The molecular weight excluding hydrogens is 301 g/mol. The topological polar surface area (TPSA) is 101 Å². The van der Waals surface area contributed by atoms with Crippen LogP contribution in [0.3, 0.4) is 0 Å². The highest BCUT2D eigenvalue weighted by Crippen LogP contribution is 2.10. The second kappa shape index (κ2) is 7.17. The number of benzene rings is 2. The molecule has 0 aliphatic heterocycles. The number of rotatable bonds is 5. The Morgan fingerprint density at radius 3 is 2.48 bits per heavy atom. The number of halogens is 1. The van der Waals surface area contributed by atoms with Gasteiger partial charge in [-0.15, -0.1) is 0 Å². The Bertz CT molecular complexity index is 762. The molecule has 0 spiro atoms. The molecule has 2 rings (SSSR count). The Balaban J connectivity index is 1.93. The summed E-state index contributed by atoms with van der Waals surface area (Å²) in [5, 5.41) is 4.82. The van der Waals surface area contributed by atoms with Gasteiger partial charge in [0.15, 0.2) is 0 Å². The number of primary amides is 1. The first-order chi connectivity index (χ1) is 11.0. The van der Waals surface area contributed by atoms with Crippen molar-refractivity contribution in [3.63, 3.8) is 0 Å². The molecule has 6 nitrogen and oxygen atoms in total. The number of amides is 3. The summed E-state index contributed by atoms with van der Waals surface area (Å²) < 4.78 is 13.4. The average molecular weight is 315 g/mol. The first-order valence-corrected chi connectivity index (χ1v) is 6.70. The third kappa shape index (κ3) is 4.37. The SMILES string of the molecule is NC(=O)c1cccc(NC(=O)CNC(=O)c2ccccc2F)c1. The molecule has 0 bridgehead atoms. The van der Waals surface area contributed by atoms with Crippen molar-refractivity contribution in [2.24, 2.45) is 5.73 Å². The normalized spacial score (nSPS) is 9.96. The number of carbonyl (C=O) groups is 3. The van der Waals surface area contributed by atoms with Gasteiger partial charge in [-0.05, 0) is 30.3 Å². The van der Waals surface area contributed by atoms with E-state index in [2.05, 4.69) is 10.6 Å². The lowest BCUT2D eigenvalue weighted by Gasteiger charge is -2.08. The van der Waals surface area contributed by atoms with Gasteiger partial charge < -0.3 is 16.4 Å². The second-order valence-corrected chi connectivity index (χ2v) is 4.66. The summed E-state index contributed by atoms with van der Waals surface area (Å²) in [4.78, 5) is 34.6. The van der Waals surface area contributed by atoms with Gasteiger partial charge in [0.2, 0.25) is 11.8 Å². The molecule has 0 saturated heterocycles. The number of nitrogens with two attached hydrogens (primary N) is 1. The highest BCUT2D eigenvalue weighted by Gasteiger charge is 2.12. The van der Waals surface area contributed by atoms with E-state index in [1.165, 1.54) is 30.3 Å². The number of anilines is 1. The molecule has 0 heterocycles. The van der Waals surface area contributed by atoms with E-state index in [1.807, 2.05) is 0 Å². The summed E-state index contributed by atoms with van der Waals surface area (Å²) in [6, 6.07) is 11.5. The molecular formula is C16H14FN3O3. The third-order valence-corrected chi connectivity index (χ3v) is 2.96. The molecule has 7 heteroatoms. The summed E-state index contributed by atoms with van der Waals surface area (Å²) in [7, 11) is 0. The van der Waals surface area contributed by atoms with E-state index in [9.17, 15) is 18.8 Å². The molecule has 4 N–H and O–H groups in total. The maximum atomic E-state index is 13.4. The van der Waals surface area contributed by atoms with E-state index in [1.54, 1.807) is 12.1 Å². The Hall–Kier alpha value is -3.22. The van der Waals surface area contributed by atoms with E-state index in [0.717, 1.165) is 6.07 Å². The molecule has 0 saturated carbocycles. The van der Waals surface area contributed by atoms with Crippen LogP contribution >= 0.6 is 0 Å². The van der Waals surface area contributed by atoms with Crippen molar-refractivity contribution in [3.8, 4) is 0 Å². The summed E-state index contributed by atoms with van der Waals surface area (Å²) in [6.45, 7) is -0.339. The molecule has 23 heavy (non-hydrogen) atoms. The minimum Gasteiger partial charge on any atom is -0.366 e. The van der Waals surface area contributed by atoms with Gasteiger partial charge in [0.25, 0.3) is 5.91 Å². The lowest BCUT2D eigenvalue weighted by molar-refractivity contribution is -0.115. The number of hydrogen-bond acceptors (Lipinski definition) is 3. The zero-order chi connectivity index (χ0) is 16.8. The molecule has 0 unspecified atom stereocenters. The first kappa shape index (κ1) is 16.2. The van der Waals surface area contributed by atoms with Crippen LogP contribution in [0.15, 0.2) is 48.5 Å². The number of hydrogen-bond donors (Lipinski definition) is 3. The Morgan fingerprint density at radius 2 is 1.78 bits per heavy atom. The van der Waals surface area contributed by atoms with Gasteiger partial charge in [-0.2, -0.15) is 0 Å². The van der Waals surface area contributed by atoms with Gasteiger partial charge in [-0.25, -0.2) is 4.39 Å². The molecule has 0 aliphatic carbocycles. The van der Waals surface area contributed by atoms with Crippen LogP contribution in [0.1, 0.15) is 20.7 Å². The first-order valence-electron chi connectivity index (χ1n) is 6.70. The van der Waals surface area contributed by atoms with Crippen molar-refractivity contribution < 1.29 is 18.8 Å². The molecule has 0 aromatic heterocycles. The van der Waals surface area contributed by atoms with Crippen LogP contribution in [-0.4, -0.2) is 24.3 Å². The van der Waals surface area contributed by atoms with E-state index in [-0.39, 0.29) is 17.7 Å². The highest BCUT2D eigenvalue weighted by molar-refractivity contribution is 6.00. The van der Waals surface area contributed by atoms with Crippen LogP contribution in [-0.2, 0) is 4.79 Å². The molecule has 0 aliphatic rings. The van der Waals surface area contributed by atoms with Crippen LogP contribution in [0.5, 0.6) is 0 Å². The number of carbonyl (C=O) groups excluding carboxylic acids is 3. The van der Waals surface area contributed by atoms with Crippen molar-refractivity contribution in [1.29, 1.82) is 0 Å². The van der Waals surface area contributed by atoms with Crippen molar-refractivity contribution in [1.82, 2.24) is 5.32 Å².